The number of hydrogen-bond donors (Lipinski definition) is 3. The number of hydrogen-bond acceptors (Lipinski definition) is 7. The summed E-state index contributed by atoms with van der Waals surface area (Å²) in [4.78, 5) is 32.5. The van der Waals surface area contributed by atoms with E-state index >= 15 is 0 Å². The molecular weight excluding hydrogens is 557 g/mol. The predicted molar refractivity (Wildman–Crippen MR) is 169 cm³/mol. The van der Waals surface area contributed by atoms with E-state index in [9.17, 15) is 24.2 Å². The first-order valence-electron chi connectivity index (χ1n) is 14.9. The lowest BCUT2D eigenvalue weighted by molar-refractivity contribution is -0.147. The molecule has 2 unspecified atom stereocenters. The fraction of sp³-hybridized carbons (Fsp3) is 0.562. The molecule has 0 saturated carbocycles. The Labute approximate surface area is 252 Å². The summed E-state index contributed by atoms with van der Waals surface area (Å²) in [7, 11) is -4.38. The lowest BCUT2D eigenvalue weighted by Gasteiger charge is -2.15. The second kappa shape index (κ2) is 28.6. The number of nitrogens with one attached hydrogen (secondary N) is 1. The molecule has 0 saturated heterocycles. The summed E-state index contributed by atoms with van der Waals surface area (Å²) in [5, 5.41) is 12.3. The van der Waals surface area contributed by atoms with E-state index in [0.29, 0.717) is 12.8 Å². The zero-order chi connectivity index (χ0) is 31.2. The summed E-state index contributed by atoms with van der Waals surface area (Å²) < 4.78 is 26.1. The van der Waals surface area contributed by atoms with Crippen molar-refractivity contribution in [3.63, 3.8) is 0 Å². The molecular formula is C32H52NO8P. The molecule has 10 heteroatoms. The maximum atomic E-state index is 11.8. The van der Waals surface area contributed by atoms with E-state index < -0.39 is 26.5 Å². The number of amides is 1. The predicted octanol–water partition coefficient (Wildman–Crippen LogP) is 6.81. The number of unbranched alkanes of at least 4 members (excludes halogenated alkanes) is 2. The van der Waals surface area contributed by atoms with Gasteiger partial charge in [-0.15, -0.1) is 0 Å². The number of phosphoric acid groups is 1. The summed E-state index contributed by atoms with van der Waals surface area (Å²) >= 11 is 0. The Morgan fingerprint density at radius 2 is 1.29 bits per heavy atom. The second-order valence-electron chi connectivity index (χ2n) is 9.30. The molecule has 0 bridgehead atoms. The molecule has 0 radical (unpaired) electrons. The van der Waals surface area contributed by atoms with Gasteiger partial charge in [-0.25, -0.2) is 4.57 Å². The number of aliphatic hydroxyl groups excluding tert-OH is 1. The summed E-state index contributed by atoms with van der Waals surface area (Å²) in [6, 6.07) is 0. The minimum Gasteiger partial charge on any atom is -0.463 e. The van der Waals surface area contributed by atoms with Crippen molar-refractivity contribution < 1.29 is 37.9 Å². The normalized spacial score (nSPS) is 14.7. The first-order chi connectivity index (χ1) is 20.3. The van der Waals surface area contributed by atoms with Gasteiger partial charge in [-0.3, -0.25) is 18.6 Å². The van der Waals surface area contributed by atoms with Crippen LogP contribution in [0, 0.1) is 0 Å². The quantitative estimate of drug-likeness (QED) is 0.0422. The van der Waals surface area contributed by atoms with Crippen molar-refractivity contribution in [3.8, 4) is 0 Å². The number of esters is 1. The van der Waals surface area contributed by atoms with Gasteiger partial charge in [0.05, 0.1) is 13.2 Å². The number of carbonyl (C=O) groups is 2. The molecule has 42 heavy (non-hydrogen) atoms. The van der Waals surface area contributed by atoms with Crippen LogP contribution in [-0.4, -0.2) is 54.3 Å². The molecule has 2 atom stereocenters. The molecule has 1 amide bonds. The van der Waals surface area contributed by atoms with Crippen LogP contribution in [0.4, 0.5) is 0 Å². The molecule has 0 fully saturated rings. The zero-order valence-corrected chi connectivity index (χ0v) is 26.3. The van der Waals surface area contributed by atoms with Gasteiger partial charge in [0, 0.05) is 19.4 Å². The number of allylic oxidation sites excluding steroid dienone is 12. The minimum atomic E-state index is -4.38. The Balaban J connectivity index is 3.73. The Morgan fingerprint density at radius 1 is 0.762 bits per heavy atom. The van der Waals surface area contributed by atoms with Gasteiger partial charge in [-0.05, 0) is 57.8 Å². The monoisotopic (exact) mass is 609 g/mol. The second-order valence-corrected chi connectivity index (χ2v) is 10.8. The molecule has 0 aromatic carbocycles. The van der Waals surface area contributed by atoms with E-state index in [2.05, 4.69) is 89.7 Å². The van der Waals surface area contributed by atoms with Crippen LogP contribution in [0.2, 0.25) is 0 Å². The molecule has 0 aliphatic heterocycles. The van der Waals surface area contributed by atoms with E-state index in [1.165, 1.54) is 0 Å². The van der Waals surface area contributed by atoms with Gasteiger partial charge in [0.15, 0.2) is 0 Å². The SMILES string of the molecule is CC/C=C\C/C=C\C/C=C\C/C=C\C/C=C\C/C=C\CCCCC(=O)OCC(O)COP(=O)(O)OCCNC(=O)CC. The number of rotatable bonds is 26. The van der Waals surface area contributed by atoms with Crippen LogP contribution >= 0.6 is 7.82 Å². The molecule has 0 aliphatic carbocycles. The topological polar surface area (TPSA) is 131 Å². The fourth-order valence-corrected chi connectivity index (χ4v) is 3.93. The van der Waals surface area contributed by atoms with Crippen LogP contribution in [-0.2, 0) is 27.9 Å². The summed E-state index contributed by atoms with van der Waals surface area (Å²) in [5.74, 6) is -0.662. The van der Waals surface area contributed by atoms with E-state index in [0.717, 1.165) is 51.4 Å². The van der Waals surface area contributed by atoms with E-state index in [-0.39, 0.29) is 32.1 Å². The van der Waals surface area contributed by atoms with Crippen molar-refractivity contribution in [2.24, 2.45) is 0 Å². The number of phosphoric ester groups is 1. The molecule has 0 spiro atoms. The largest absolute Gasteiger partial charge is 0.472 e. The van der Waals surface area contributed by atoms with Crippen LogP contribution < -0.4 is 5.32 Å². The fourth-order valence-electron chi connectivity index (χ4n) is 3.17. The standard InChI is InChI=1S/C32H52NO8P/c1-3-5-6-7-8-9-10-11-12-13-14-15-16-17-18-19-20-21-22-23-24-25-32(36)39-28-30(34)29-41-42(37,38)40-27-26-33-31(35)4-2/h5-6,8-9,11-12,14-15,17-18,20-21,30,34H,3-4,7,10,13,16,19,22-29H2,1-2H3,(H,33,35)(H,37,38)/b6-5-,9-8-,12-11-,15-14-,18-17-,21-20-. The Hall–Kier alpha value is -2.55. The first-order valence-corrected chi connectivity index (χ1v) is 16.4. The number of ether oxygens (including phenoxy) is 1. The number of carbonyl (C=O) groups excluding carboxylic acids is 2. The molecule has 0 heterocycles. The highest BCUT2D eigenvalue weighted by Gasteiger charge is 2.23. The highest BCUT2D eigenvalue weighted by atomic mass is 31.2. The average Bonchev–Trinajstić information content (AvgIpc) is 2.97. The molecule has 9 nitrogen and oxygen atoms in total. The molecule has 238 valence electrons. The summed E-state index contributed by atoms with van der Waals surface area (Å²) in [5.41, 5.74) is 0. The van der Waals surface area contributed by atoms with E-state index in [4.69, 9.17) is 9.26 Å². The maximum absolute atomic E-state index is 11.8. The highest BCUT2D eigenvalue weighted by Crippen LogP contribution is 2.42. The van der Waals surface area contributed by atoms with Gasteiger partial charge >= 0.3 is 13.8 Å². The maximum Gasteiger partial charge on any atom is 0.472 e. The zero-order valence-electron chi connectivity index (χ0n) is 25.4. The minimum absolute atomic E-state index is 0.0564. The van der Waals surface area contributed by atoms with Crippen LogP contribution in [0.1, 0.15) is 84.5 Å². The molecule has 3 N–H and O–H groups in total. The third kappa shape index (κ3) is 29.0. The summed E-state index contributed by atoms with van der Waals surface area (Å²) in [6.45, 7) is 2.77. The van der Waals surface area contributed by atoms with E-state index in [1.807, 2.05) is 0 Å². The van der Waals surface area contributed by atoms with Crippen molar-refractivity contribution in [1.82, 2.24) is 5.32 Å². The summed E-state index contributed by atoms with van der Waals surface area (Å²) in [6.07, 6.45) is 33.4. The lowest BCUT2D eigenvalue weighted by Crippen LogP contribution is -2.26. The van der Waals surface area contributed by atoms with E-state index in [1.54, 1.807) is 6.92 Å². The van der Waals surface area contributed by atoms with Gasteiger partial charge in [0.2, 0.25) is 5.91 Å². The van der Waals surface area contributed by atoms with Crippen LogP contribution in [0.15, 0.2) is 72.9 Å². The molecule has 0 aromatic heterocycles. The van der Waals surface area contributed by atoms with Crippen LogP contribution in [0.25, 0.3) is 0 Å². The van der Waals surface area contributed by atoms with Gasteiger partial charge in [0.1, 0.15) is 12.7 Å². The lowest BCUT2D eigenvalue weighted by atomic mass is 10.2. The van der Waals surface area contributed by atoms with Gasteiger partial charge < -0.3 is 20.1 Å². The number of aliphatic hydroxyl groups is 1. The van der Waals surface area contributed by atoms with Crippen molar-refractivity contribution >= 4 is 19.7 Å². The average molecular weight is 610 g/mol. The third-order valence-corrected chi connectivity index (χ3v) is 6.45. The van der Waals surface area contributed by atoms with Crippen molar-refractivity contribution in [3.05, 3.63) is 72.9 Å². The molecule has 0 aromatic rings. The Bertz CT molecular complexity index is 923. The molecule has 0 aliphatic rings. The first kappa shape index (κ1) is 39.5. The third-order valence-electron chi connectivity index (χ3n) is 5.46. The molecule has 0 rings (SSSR count). The highest BCUT2D eigenvalue weighted by molar-refractivity contribution is 7.47. The Morgan fingerprint density at radius 3 is 1.81 bits per heavy atom. The van der Waals surface area contributed by atoms with Gasteiger partial charge in [-0.1, -0.05) is 86.8 Å². The van der Waals surface area contributed by atoms with Gasteiger partial charge in [-0.2, -0.15) is 0 Å². The smallest absolute Gasteiger partial charge is 0.463 e. The van der Waals surface area contributed by atoms with Crippen LogP contribution in [0.5, 0.6) is 0 Å². The van der Waals surface area contributed by atoms with Gasteiger partial charge in [0.25, 0.3) is 0 Å². The van der Waals surface area contributed by atoms with Crippen molar-refractivity contribution in [2.75, 3.05) is 26.4 Å². The van der Waals surface area contributed by atoms with Crippen LogP contribution in [0.3, 0.4) is 0 Å². The van der Waals surface area contributed by atoms with Crippen molar-refractivity contribution in [2.45, 2.75) is 90.6 Å². The Kier molecular flexibility index (Phi) is 26.8. The van der Waals surface area contributed by atoms with Crippen molar-refractivity contribution in [1.29, 1.82) is 0 Å².